The Balaban J connectivity index is 0.00000139. The Labute approximate surface area is 147 Å². The van der Waals surface area contributed by atoms with Gasteiger partial charge in [0.15, 0.2) is 5.82 Å². The normalized spacial score (nSPS) is 20.2. The molecule has 136 valence electrons. The fraction of sp³-hybridized carbons (Fsp3) is 0.667. The van der Waals surface area contributed by atoms with Gasteiger partial charge < -0.3 is 25.8 Å². The van der Waals surface area contributed by atoms with Gasteiger partial charge in [0.05, 0.1) is 18.7 Å². The molecule has 9 heteroatoms. The first-order valence-corrected chi connectivity index (χ1v) is 8.23. The second-order valence-electron chi connectivity index (χ2n) is 6.13. The van der Waals surface area contributed by atoms with E-state index in [9.17, 15) is 9.90 Å². The molecule has 4 N–H and O–H groups in total. The molecule has 0 aromatic carbocycles. The second kappa shape index (κ2) is 8.34. The van der Waals surface area contributed by atoms with Gasteiger partial charge in [0, 0.05) is 6.54 Å². The number of nitrogens with one attached hydrogen (secondary N) is 1. The number of aromatic nitrogens is 2. The van der Waals surface area contributed by atoms with E-state index in [1.807, 2.05) is 13.8 Å². The average Bonchev–Trinajstić information content (AvgIpc) is 2.86. The quantitative estimate of drug-likeness (QED) is 0.741. The monoisotopic (exact) mass is 359 g/mol. The number of aliphatic hydroxyl groups is 1. The summed E-state index contributed by atoms with van der Waals surface area (Å²) in [7, 11) is 0. The third-order valence-electron chi connectivity index (χ3n) is 3.08. The smallest absolute Gasteiger partial charge is 0.410 e. The Bertz CT molecular complexity index is 565. The van der Waals surface area contributed by atoms with E-state index < -0.39 is 23.8 Å². The van der Waals surface area contributed by atoms with Crippen LogP contribution in [0.15, 0.2) is 6.33 Å². The number of carbonyl (C=O) groups excluding carboxylic acids is 1. The Morgan fingerprint density at radius 3 is 2.62 bits per heavy atom. The Morgan fingerprint density at radius 1 is 1.42 bits per heavy atom. The van der Waals surface area contributed by atoms with Crippen LogP contribution in [-0.4, -0.2) is 56.9 Å². The lowest BCUT2D eigenvalue weighted by molar-refractivity contribution is 0.0270. The minimum Gasteiger partial charge on any atom is -0.444 e. The summed E-state index contributed by atoms with van der Waals surface area (Å²) in [5.41, 5.74) is 5.02. The number of hydrogen-bond donors (Lipinski definition) is 3. The van der Waals surface area contributed by atoms with Crippen LogP contribution >= 0.6 is 11.6 Å². The molecule has 24 heavy (non-hydrogen) atoms. The first-order chi connectivity index (χ1) is 11.2. The number of ether oxygens (including phenoxy) is 1. The molecule has 0 radical (unpaired) electrons. The van der Waals surface area contributed by atoms with E-state index in [-0.39, 0.29) is 23.9 Å². The van der Waals surface area contributed by atoms with Gasteiger partial charge in [-0.15, -0.1) is 0 Å². The van der Waals surface area contributed by atoms with Crippen molar-refractivity contribution in [1.82, 2.24) is 14.9 Å². The van der Waals surface area contributed by atoms with Crippen LogP contribution in [0.4, 0.5) is 16.4 Å². The van der Waals surface area contributed by atoms with Crippen molar-refractivity contribution in [3.8, 4) is 0 Å². The van der Waals surface area contributed by atoms with Crippen LogP contribution in [0.5, 0.6) is 0 Å². The maximum Gasteiger partial charge on any atom is 0.410 e. The van der Waals surface area contributed by atoms with E-state index in [1.54, 1.807) is 20.8 Å². The van der Waals surface area contributed by atoms with Crippen LogP contribution in [-0.2, 0) is 4.74 Å². The summed E-state index contributed by atoms with van der Waals surface area (Å²) in [6.45, 7) is 9.81. The van der Waals surface area contributed by atoms with Crippen LogP contribution in [0, 0.1) is 0 Å². The number of hydrogen-bond acceptors (Lipinski definition) is 7. The molecular weight excluding hydrogens is 334 g/mol. The zero-order valence-electron chi connectivity index (χ0n) is 14.7. The summed E-state index contributed by atoms with van der Waals surface area (Å²) < 4.78 is 5.29. The summed E-state index contributed by atoms with van der Waals surface area (Å²) in [5, 5.41) is 13.3. The number of halogens is 1. The molecular formula is C15H26ClN5O3. The van der Waals surface area contributed by atoms with Gasteiger partial charge in [-0.3, -0.25) is 0 Å². The maximum atomic E-state index is 12.0. The van der Waals surface area contributed by atoms with Crippen molar-refractivity contribution >= 4 is 29.3 Å². The van der Waals surface area contributed by atoms with Crippen LogP contribution in [0.2, 0.25) is 5.02 Å². The molecule has 1 aromatic rings. The number of likely N-dealkylation sites (tertiary alicyclic amines) is 1. The third-order valence-corrected chi connectivity index (χ3v) is 3.45. The van der Waals surface area contributed by atoms with Crippen LogP contribution in [0.3, 0.4) is 0 Å². The Kier molecular flexibility index (Phi) is 7.04. The zero-order valence-corrected chi connectivity index (χ0v) is 15.5. The molecule has 2 heterocycles. The van der Waals surface area contributed by atoms with E-state index in [1.165, 1.54) is 11.2 Å². The number of amides is 1. The second-order valence-corrected chi connectivity index (χ2v) is 6.50. The molecule has 1 aliphatic heterocycles. The largest absolute Gasteiger partial charge is 0.444 e. The third kappa shape index (κ3) is 5.38. The number of carbonyl (C=O) groups is 1. The van der Waals surface area contributed by atoms with Gasteiger partial charge in [0.1, 0.15) is 22.8 Å². The number of anilines is 2. The van der Waals surface area contributed by atoms with Gasteiger partial charge in [0.2, 0.25) is 0 Å². The Hall–Kier alpha value is -1.80. The van der Waals surface area contributed by atoms with Crippen molar-refractivity contribution in [2.24, 2.45) is 0 Å². The molecule has 2 atom stereocenters. The van der Waals surface area contributed by atoms with Crippen molar-refractivity contribution in [2.45, 2.75) is 52.4 Å². The fourth-order valence-corrected chi connectivity index (χ4v) is 2.22. The van der Waals surface area contributed by atoms with Gasteiger partial charge in [-0.25, -0.2) is 14.8 Å². The number of rotatable bonds is 2. The van der Waals surface area contributed by atoms with Crippen molar-refractivity contribution in [3.05, 3.63) is 11.3 Å². The molecule has 0 bridgehead atoms. The summed E-state index contributed by atoms with van der Waals surface area (Å²) in [4.78, 5) is 21.2. The van der Waals surface area contributed by atoms with Crippen LogP contribution in [0.25, 0.3) is 0 Å². The number of aliphatic hydroxyl groups excluding tert-OH is 1. The minimum atomic E-state index is -0.764. The SMILES string of the molecule is CC.CC(C)(C)OC(=O)N1CC(O)C(Nc2ncnc(N)c2Cl)C1. The first-order valence-electron chi connectivity index (χ1n) is 7.86. The van der Waals surface area contributed by atoms with Crippen molar-refractivity contribution in [3.63, 3.8) is 0 Å². The fourth-order valence-electron chi connectivity index (χ4n) is 2.06. The molecule has 0 aliphatic carbocycles. The molecule has 2 rings (SSSR count). The highest BCUT2D eigenvalue weighted by Crippen LogP contribution is 2.26. The summed E-state index contributed by atoms with van der Waals surface area (Å²) in [6, 6.07) is -0.417. The average molecular weight is 360 g/mol. The van der Waals surface area contributed by atoms with Crippen molar-refractivity contribution in [1.29, 1.82) is 0 Å². The van der Waals surface area contributed by atoms with E-state index in [0.29, 0.717) is 5.82 Å². The predicted molar refractivity (Wildman–Crippen MR) is 94.0 cm³/mol. The number of nitrogens with zero attached hydrogens (tertiary/aromatic N) is 3. The van der Waals surface area contributed by atoms with Gasteiger partial charge in [-0.2, -0.15) is 0 Å². The van der Waals surface area contributed by atoms with Gasteiger partial charge >= 0.3 is 6.09 Å². The zero-order chi connectivity index (χ0) is 18.5. The topological polar surface area (TPSA) is 114 Å². The molecule has 1 aliphatic rings. The lowest BCUT2D eigenvalue weighted by Gasteiger charge is -2.24. The molecule has 2 unspecified atom stereocenters. The molecule has 1 saturated heterocycles. The predicted octanol–water partition coefficient (Wildman–Crippen LogP) is 2.13. The first kappa shape index (κ1) is 20.2. The van der Waals surface area contributed by atoms with Gasteiger partial charge in [0.25, 0.3) is 0 Å². The molecule has 1 fully saturated rings. The van der Waals surface area contributed by atoms with E-state index in [4.69, 9.17) is 22.1 Å². The highest BCUT2D eigenvalue weighted by Gasteiger charge is 2.36. The Morgan fingerprint density at radius 2 is 2.04 bits per heavy atom. The van der Waals surface area contributed by atoms with E-state index >= 15 is 0 Å². The number of nitrogens with two attached hydrogens (primary N) is 1. The molecule has 1 amide bonds. The lowest BCUT2D eigenvalue weighted by atomic mass is 10.2. The number of nitrogen functional groups attached to an aromatic ring is 1. The van der Waals surface area contributed by atoms with Crippen LogP contribution in [0.1, 0.15) is 34.6 Å². The van der Waals surface area contributed by atoms with Crippen LogP contribution < -0.4 is 11.1 Å². The highest BCUT2D eigenvalue weighted by molar-refractivity contribution is 6.35. The lowest BCUT2D eigenvalue weighted by Crippen LogP contribution is -2.36. The standard InChI is InChI=1S/C13H20ClN5O3.C2H6/c1-13(2,3)22-12(21)19-4-7(8(20)5-19)18-11-9(14)10(15)16-6-17-11;1-2/h6-8,20H,4-5H2,1-3H3,(H3,15,16,17,18);1-2H3. The number of β-amino-alcohol motifs (C(OH)–C–C–N with tert-alkyl or cyclic N) is 1. The summed E-state index contributed by atoms with van der Waals surface area (Å²) >= 11 is 6.01. The molecule has 1 aromatic heterocycles. The maximum absolute atomic E-state index is 12.0. The highest BCUT2D eigenvalue weighted by atomic mass is 35.5. The van der Waals surface area contributed by atoms with Gasteiger partial charge in [-0.1, -0.05) is 25.4 Å². The van der Waals surface area contributed by atoms with Gasteiger partial charge in [-0.05, 0) is 20.8 Å². The van der Waals surface area contributed by atoms with Crippen molar-refractivity contribution in [2.75, 3.05) is 24.1 Å². The molecule has 0 saturated carbocycles. The molecule has 8 nitrogen and oxygen atoms in total. The summed E-state index contributed by atoms with van der Waals surface area (Å²) in [6.07, 6.45) is 0.0418. The minimum absolute atomic E-state index is 0.149. The van der Waals surface area contributed by atoms with E-state index in [0.717, 1.165) is 0 Å². The summed E-state index contributed by atoms with van der Waals surface area (Å²) in [5.74, 6) is 0.472. The molecule has 0 spiro atoms. The van der Waals surface area contributed by atoms with Crippen molar-refractivity contribution < 1.29 is 14.6 Å². The van der Waals surface area contributed by atoms with E-state index in [2.05, 4.69) is 15.3 Å².